The molecule has 0 aliphatic carbocycles. The number of nitrogens with one attached hydrogen (secondary N) is 1. The van der Waals surface area contributed by atoms with Crippen molar-refractivity contribution in [2.24, 2.45) is 18.1 Å². The van der Waals surface area contributed by atoms with Crippen LogP contribution in [0.4, 0.5) is 16.4 Å². The molecule has 1 atom stereocenters. The SMILES string of the molecule is CNC(=O)N1N=C(c2ccc(N(C)c3nccn3C)cc2)c2cc(OC)c(OC)cc2CC1C(C)C. The average molecular weight is 491 g/mol. The number of ether oxygens (including phenoxy) is 2. The second-order valence-corrected chi connectivity index (χ2v) is 9.17. The number of fused-ring (bicyclic) bond motifs is 1. The Bertz CT molecular complexity index is 1270. The zero-order chi connectivity index (χ0) is 26.0. The molecule has 3 aromatic rings. The van der Waals surface area contributed by atoms with Crippen molar-refractivity contribution in [3.05, 3.63) is 65.5 Å². The minimum absolute atomic E-state index is 0.131. The van der Waals surface area contributed by atoms with Gasteiger partial charge in [0.2, 0.25) is 5.95 Å². The zero-order valence-corrected chi connectivity index (χ0v) is 21.9. The fourth-order valence-corrected chi connectivity index (χ4v) is 4.54. The third-order valence-corrected chi connectivity index (χ3v) is 6.63. The molecule has 9 heteroatoms. The molecule has 0 bridgehead atoms. The Balaban J connectivity index is 1.85. The zero-order valence-electron chi connectivity index (χ0n) is 21.9. The molecular weight excluding hydrogens is 456 g/mol. The highest BCUT2D eigenvalue weighted by Gasteiger charge is 2.32. The number of imidazole rings is 1. The number of amides is 2. The second-order valence-electron chi connectivity index (χ2n) is 9.17. The van der Waals surface area contributed by atoms with Crippen molar-refractivity contribution in [1.82, 2.24) is 19.9 Å². The van der Waals surface area contributed by atoms with Gasteiger partial charge in [-0.3, -0.25) is 0 Å². The lowest BCUT2D eigenvalue weighted by atomic mass is 9.90. The predicted molar refractivity (Wildman–Crippen MR) is 142 cm³/mol. The van der Waals surface area contributed by atoms with Crippen LogP contribution in [0.25, 0.3) is 0 Å². The fourth-order valence-electron chi connectivity index (χ4n) is 4.54. The number of benzene rings is 2. The van der Waals surface area contributed by atoms with Crippen LogP contribution in [-0.4, -0.2) is 60.7 Å². The maximum absolute atomic E-state index is 13.0. The summed E-state index contributed by atoms with van der Waals surface area (Å²) >= 11 is 0. The quantitative estimate of drug-likeness (QED) is 0.560. The van der Waals surface area contributed by atoms with Crippen molar-refractivity contribution in [2.75, 3.05) is 33.2 Å². The Kier molecular flexibility index (Phi) is 7.19. The number of hydrazone groups is 1. The van der Waals surface area contributed by atoms with Gasteiger partial charge in [0.05, 0.1) is 26.0 Å². The van der Waals surface area contributed by atoms with E-state index in [9.17, 15) is 4.79 Å². The van der Waals surface area contributed by atoms with Gasteiger partial charge in [-0.25, -0.2) is 14.8 Å². The lowest BCUT2D eigenvalue weighted by Crippen LogP contribution is -2.45. The Labute approximate surface area is 212 Å². The van der Waals surface area contributed by atoms with Crippen LogP contribution >= 0.6 is 0 Å². The van der Waals surface area contributed by atoms with Gasteiger partial charge in [-0.2, -0.15) is 5.10 Å². The number of hydrogen-bond donors (Lipinski definition) is 1. The molecule has 1 aromatic heterocycles. The molecule has 2 aromatic carbocycles. The van der Waals surface area contributed by atoms with E-state index in [0.717, 1.165) is 28.3 Å². The van der Waals surface area contributed by atoms with Crippen molar-refractivity contribution in [3.63, 3.8) is 0 Å². The van der Waals surface area contributed by atoms with Crippen molar-refractivity contribution in [1.29, 1.82) is 0 Å². The topological polar surface area (TPSA) is 84.2 Å². The molecular formula is C27H34N6O3. The van der Waals surface area contributed by atoms with Gasteiger partial charge >= 0.3 is 6.03 Å². The highest BCUT2D eigenvalue weighted by Crippen LogP contribution is 2.36. The molecule has 1 aliphatic rings. The van der Waals surface area contributed by atoms with Crippen LogP contribution in [0.5, 0.6) is 11.5 Å². The van der Waals surface area contributed by atoms with Gasteiger partial charge in [0.25, 0.3) is 0 Å². The number of hydrogen-bond acceptors (Lipinski definition) is 6. The molecule has 0 radical (unpaired) electrons. The lowest BCUT2D eigenvalue weighted by molar-refractivity contribution is 0.160. The monoisotopic (exact) mass is 490 g/mol. The van der Waals surface area contributed by atoms with Crippen LogP contribution in [0, 0.1) is 5.92 Å². The van der Waals surface area contributed by atoms with E-state index >= 15 is 0 Å². The smallest absolute Gasteiger partial charge is 0.337 e. The van der Waals surface area contributed by atoms with Gasteiger partial charge in [-0.05, 0) is 42.2 Å². The van der Waals surface area contributed by atoms with E-state index < -0.39 is 0 Å². The minimum Gasteiger partial charge on any atom is -0.493 e. The maximum atomic E-state index is 13.0. The molecule has 4 rings (SSSR count). The van der Waals surface area contributed by atoms with Crippen LogP contribution in [0.1, 0.15) is 30.5 Å². The Morgan fingerprint density at radius 1 is 1.14 bits per heavy atom. The first-order chi connectivity index (χ1) is 17.3. The minimum atomic E-state index is -0.246. The predicted octanol–water partition coefficient (Wildman–Crippen LogP) is 4.18. The van der Waals surface area contributed by atoms with Gasteiger partial charge < -0.3 is 24.3 Å². The first-order valence-corrected chi connectivity index (χ1v) is 11.9. The third-order valence-electron chi connectivity index (χ3n) is 6.63. The second kappa shape index (κ2) is 10.3. The van der Waals surface area contributed by atoms with Crippen molar-refractivity contribution < 1.29 is 14.3 Å². The number of rotatable bonds is 6. The molecule has 1 aliphatic heterocycles. The first kappa shape index (κ1) is 25.1. The highest BCUT2D eigenvalue weighted by atomic mass is 16.5. The Morgan fingerprint density at radius 3 is 2.36 bits per heavy atom. The van der Waals surface area contributed by atoms with Gasteiger partial charge in [-0.1, -0.05) is 26.0 Å². The van der Waals surface area contributed by atoms with Gasteiger partial charge in [0.1, 0.15) is 0 Å². The number of carbonyl (C=O) groups is 1. The van der Waals surface area contributed by atoms with E-state index in [-0.39, 0.29) is 18.0 Å². The molecule has 2 heterocycles. The summed E-state index contributed by atoms with van der Waals surface area (Å²) in [5.74, 6) is 2.28. The van der Waals surface area contributed by atoms with E-state index in [1.165, 1.54) is 0 Å². The Hall–Kier alpha value is -4.01. The number of urea groups is 1. The summed E-state index contributed by atoms with van der Waals surface area (Å²) in [5, 5.41) is 9.27. The number of anilines is 2. The molecule has 0 saturated heterocycles. The summed E-state index contributed by atoms with van der Waals surface area (Å²) in [6.45, 7) is 4.20. The molecule has 0 spiro atoms. The Morgan fingerprint density at radius 2 is 1.81 bits per heavy atom. The molecule has 2 amide bonds. The van der Waals surface area contributed by atoms with Crippen LogP contribution in [-0.2, 0) is 13.5 Å². The van der Waals surface area contributed by atoms with Gasteiger partial charge in [-0.15, -0.1) is 0 Å². The molecule has 36 heavy (non-hydrogen) atoms. The van der Waals surface area contributed by atoms with Gasteiger partial charge in [0, 0.05) is 50.4 Å². The largest absolute Gasteiger partial charge is 0.493 e. The number of aromatic nitrogens is 2. The number of nitrogens with zero attached hydrogens (tertiary/aromatic N) is 5. The van der Waals surface area contributed by atoms with Crippen LogP contribution in [0.3, 0.4) is 0 Å². The van der Waals surface area contributed by atoms with Gasteiger partial charge in [0.15, 0.2) is 11.5 Å². The molecule has 1 N–H and O–H groups in total. The summed E-state index contributed by atoms with van der Waals surface area (Å²) in [4.78, 5) is 19.4. The van der Waals surface area contributed by atoms with E-state index in [2.05, 4.69) is 24.1 Å². The van der Waals surface area contributed by atoms with Crippen molar-refractivity contribution in [3.8, 4) is 11.5 Å². The molecule has 190 valence electrons. The summed E-state index contributed by atoms with van der Waals surface area (Å²) in [6.07, 6.45) is 4.32. The fraction of sp³-hybridized carbons (Fsp3) is 0.370. The number of aryl methyl sites for hydroxylation is 1. The van der Waals surface area contributed by atoms with E-state index in [4.69, 9.17) is 14.6 Å². The highest BCUT2D eigenvalue weighted by molar-refractivity contribution is 6.14. The first-order valence-electron chi connectivity index (χ1n) is 11.9. The van der Waals surface area contributed by atoms with Crippen LogP contribution in [0.15, 0.2) is 53.9 Å². The molecule has 9 nitrogen and oxygen atoms in total. The summed E-state index contributed by atoms with van der Waals surface area (Å²) < 4.78 is 13.2. The lowest BCUT2D eigenvalue weighted by Gasteiger charge is -2.29. The maximum Gasteiger partial charge on any atom is 0.337 e. The summed E-state index contributed by atoms with van der Waals surface area (Å²) in [7, 11) is 8.82. The van der Waals surface area contributed by atoms with Crippen LogP contribution < -0.4 is 19.7 Å². The molecule has 0 fully saturated rings. The standard InChI is InChI=1S/C27H34N6O3/c1-17(2)22-14-19-15-23(35-6)24(36-7)16-21(19)25(30-33(22)27(34)28-3)18-8-10-20(11-9-18)32(5)26-29-12-13-31(26)4/h8-13,15-17,22H,14H2,1-7H3,(H,28,34). The van der Waals surface area contributed by atoms with Crippen molar-refractivity contribution in [2.45, 2.75) is 26.3 Å². The summed E-state index contributed by atoms with van der Waals surface area (Å²) in [6, 6.07) is 11.7. The average Bonchev–Trinajstić information content (AvgIpc) is 3.24. The normalized spacial score (nSPS) is 15.2. The number of carbonyl (C=O) groups excluding carboxylic acids is 1. The summed E-state index contributed by atoms with van der Waals surface area (Å²) in [5.41, 5.74) is 4.53. The van der Waals surface area contributed by atoms with E-state index in [1.807, 2.05) is 66.2 Å². The van der Waals surface area contributed by atoms with E-state index in [1.54, 1.807) is 32.5 Å². The van der Waals surface area contributed by atoms with Crippen molar-refractivity contribution >= 4 is 23.4 Å². The number of methoxy groups -OCH3 is 2. The van der Waals surface area contributed by atoms with Crippen LogP contribution in [0.2, 0.25) is 0 Å². The van der Waals surface area contributed by atoms with E-state index in [0.29, 0.717) is 23.6 Å². The third kappa shape index (κ3) is 4.60. The molecule has 0 saturated carbocycles. The molecule has 1 unspecified atom stereocenters.